The van der Waals surface area contributed by atoms with Crippen LogP contribution in [0.2, 0.25) is 0 Å². The maximum absolute atomic E-state index is 12.2. The van der Waals surface area contributed by atoms with Gasteiger partial charge in [-0.2, -0.15) is 0 Å². The van der Waals surface area contributed by atoms with Gasteiger partial charge in [0.1, 0.15) is 5.75 Å². The smallest absolute Gasteiger partial charge is 0.306 e. The van der Waals surface area contributed by atoms with Gasteiger partial charge in [0.2, 0.25) is 5.91 Å². The van der Waals surface area contributed by atoms with Crippen LogP contribution in [0, 0.1) is 0 Å². The summed E-state index contributed by atoms with van der Waals surface area (Å²) in [4.78, 5) is 24.6. The van der Waals surface area contributed by atoms with Crippen molar-refractivity contribution in [1.29, 1.82) is 0 Å². The molecule has 1 atom stereocenters. The molecule has 1 aromatic rings. The van der Waals surface area contributed by atoms with Crippen molar-refractivity contribution in [3.8, 4) is 5.75 Å². The summed E-state index contributed by atoms with van der Waals surface area (Å²) in [6, 6.07) is 5.86. The van der Waals surface area contributed by atoms with Crippen LogP contribution < -0.4 is 4.74 Å². The molecule has 1 N–H and O–H groups in total. The third kappa shape index (κ3) is 3.90. The predicted molar refractivity (Wildman–Crippen MR) is 83.2 cm³/mol. The standard InChI is InChI=1S/C17H19NO5/c19-16(18-6-8-22-14(11-18)10-17(20)21)4-2-12-1-3-15-13(9-12)5-7-23-15/h1-4,9,14H,5-8,10-11H2,(H,20,21)/b4-2+. The van der Waals surface area contributed by atoms with Crippen LogP contribution in [0.1, 0.15) is 17.5 Å². The van der Waals surface area contributed by atoms with Gasteiger partial charge in [-0.3, -0.25) is 9.59 Å². The number of nitrogens with zero attached hydrogens (tertiary/aromatic N) is 1. The normalized spacial score (nSPS) is 20.3. The number of aliphatic carboxylic acids is 1. The minimum atomic E-state index is -0.916. The Hall–Kier alpha value is -2.34. The third-order valence-corrected chi connectivity index (χ3v) is 3.98. The molecule has 2 heterocycles. The summed E-state index contributed by atoms with van der Waals surface area (Å²) in [6.07, 6.45) is 3.68. The second-order valence-corrected chi connectivity index (χ2v) is 5.67. The number of carbonyl (C=O) groups excluding carboxylic acids is 1. The molecule has 0 spiro atoms. The van der Waals surface area contributed by atoms with Gasteiger partial charge in [0.05, 0.1) is 25.7 Å². The van der Waals surface area contributed by atoms with Crippen LogP contribution in [0.5, 0.6) is 5.75 Å². The molecule has 1 aromatic carbocycles. The number of morpholine rings is 1. The van der Waals surface area contributed by atoms with E-state index in [1.54, 1.807) is 11.0 Å². The molecule has 6 heteroatoms. The van der Waals surface area contributed by atoms with Crippen LogP contribution in [0.15, 0.2) is 24.3 Å². The minimum absolute atomic E-state index is 0.0850. The lowest BCUT2D eigenvalue weighted by Gasteiger charge is -2.31. The number of carboxylic acid groups (broad SMARTS) is 1. The van der Waals surface area contributed by atoms with Gasteiger partial charge in [0.15, 0.2) is 0 Å². The van der Waals surface area contributed by atoms with Crippen molar-refractivity contribution in [2.24, 2.45) is 0 Å². The number of ether oxygens (including phenoxy) is 2. The summed E-state index contributed by atoms with van der Waals surface area (Å²) in [7, 11) is 0. The summed E-state index contributed by atoms with van der Waals surface area (Å²) in [5.74, 6) is -0.126. The lowest BCUT2D eigenvalue weighted by molar-refractivity contribution is -0.145. The van der Waals surface area contributed by atoms with Crippen LogP contribution in [0.4, 0.5) is 0 Å². The molecule has 1 saturated heterocycles. The quantitative estimate of drug-likeness (QED) is 0.848. The molecule has 0 saturated carbocycles. The van der Waals surface area contributed by atoms with Crippen LogP contribution >= 0.6 is 0 Å². The highest BCUT2D eigenvalue weighted by Gasteiger charge is 2.24. The van der Waals surface area contributed by atoms with Gasteiger partial charge in [-0.05, 0) is 29.3 Å². The monoisotopic (exact) mass is 317 g/mol. The Morgan fingerprint density at radius 2 is 2.22 bits per heavy atom. The number of hydrogen-bond acceptors (Lipinski definition) is 4. The largest absolute Gasteiger partial charge is 0.493 e. The summed E-state index contributed by atoms with van der Waals surface area (Å²) in [5.41, 5.74) is 2.12. The average molecular weight is 317 g/mol. The van der Waals surface area contributed by atoms with E-state index in [-0.39, 0.29) is 12.3 Å². The molecule has 0 aromatic heterocycles. The van der Waals surface area contributed by atoms with E-state index in [1.807, 2.05) is 18.2 Å². The average Bonchev–Trinajstić information content (AvgIpc) is 3.00. The van der Waals surface area contributed by atoms with E-state index in [1.165, 1.54) is 6.08 Å². The second-order valence-electron chi connectivity index (χ2n) is 5.67. The molecule has 23 heavy (non-hydrogen) atoms. The van der Waals surface area contributed by atoms with Crippen LogP contribution in [-0.2, 0) is 20.7 Å². The molecule has 0 radical (unpaired) electrons. The number of amides is 1. The van der Waals surface area contributed by atoms with Crippen LogP contribution in [-0.4, -0.2) is 54.3 Å². The predicted octanol–water partition coefficient (Wildman–Crippen LogP) is 1.34. The number of hydrogen-bond donors (Lipinski definition) is 1. The van der Waals surface area contributed by atoms with E-state index in [0.717, 1.165) is 23.3 Å². The Labute approximate surface area is 134 Å². The van der Waals surface area contributed by atoms with Gasteiger partial charge in [-0.25, -0.2) is 0 Å². The first-order valence-corrected chi connectivity index (χ1v) is 7.68. The van der Waals surface area contributed by atoms with Gasteiger partial charge in [0.25, 0.3) is 0 Å². The number of fused-ring (bicyclic) bond motifs is 1. The zero-order chi connectivity index (χ0) is 16.2. The van der Waals surface area contributed by atoms with Gasteiger partial charge in [0, 0.05) is 25.6 Å². The molecule has 1 unspecified atom stereocenters. The third-order valence-electron chi connectivity index (χ3n) is 3.98. The SMILES string of the molecule is O=C(O)CC1CN(C(=O)/C=C/c2ccc3c(c2)CCO3)CCO1. The summed E-state index contributed by atoms with van der Waals surface area (Å²) in [5, 5.41) is 8.81. The second kappa shape index (κ2) is 6.83. The highest BCUT2D eigenvalue weighted by Crippen LogP contribution is 2.26. The molecular formula is C17H19NO5. The van der Waals surface area contributed by atoms with E-state index in [9.17, 15) is 9.59 Å². The Kier molecular flexibility index (Phi) is 4.62. The number of rotatable bonds is 4. The first kappa shape index (κ1) is 15.6. The van der Waals surface area contributed by atoms with Crippen LogP contribution in [0.3, 0.4) is 0 Å². The molecule has 2 aliphatic heterocycles. The molecule has 0 bridgehead atoms. The lowest BCUT2D eigenvalue weighted by Crippen LogP contribution is -2.45. The van der Waals surface area contributed by atoms with Gasteiger partial charge in [-0.1, -0.05) is 6.07 Å². The first-order chi connectivity index (χ1) is 11.1. The van der Waals surface area contributed by atoms with E-state index in [0.29, 0.717) is 26.3 Å². The van der Waals surface area contributed by atoms with Crippen molar-refractivity contribution in [3.63, 3.8) is 0 Å². The molecular weight excluding hydrogens is 298 g/mol. The van der Waals surface area contributed by atoms with Crippen molar-refractivity contribution in [3.05, 3.63) is 35.4 Å². The van der Waals surface area contributed by atoms with E-state index >= 15 is 0 Å². The molecule has 2 aliphatic rings. The van der Waals surface area contributed by atoms with Crippen molar-refractivity contribution >= 4 is 18.0 Å². The fourth-order valence-electron chi connectivity index (χ4n) is 2.82. The highest BCUT2D eigenvalue weighted by atomic mass is 16.5. The zero-order valence-corrected chi connectivity index (χ0v) is 12.7. The maximum Gasteiger partial charge on any atom is 0.306 e. The summed E-state index contributed by atoms with van der Waals surface area (Å²) >= 11 is 0. The van der Waals surface area contributed by atoms with Gasteiger partial charge < -0.3 is 19.5 Å². The highest BCUT2D eigenvalue weighted by molar-refractivity contribution is 5.92. The number of carboxylic acids is 1. The molecule has 1 fully saturated rings. The Balaban J connectivity index is 1.60. The molecule has 6 nitrogen and oxygen atoms in total. The molecule has 3 rings (SSSR count). The molecule has 1 amide bonds. The first-order valence-electron chi connectivity index (χ1n) is 7.68. The van der Waals surface area contributed by atoms with Gasteiger partial charge in [-0.15, -0.1) is 0 Å². The number of carbonyl (C=O) groups is 2. The Morgan fingerprint density at radius 1 is 1.35 bits per heavy atom. The minimum Gasteiger partial charge on any atom is -0.493 e. The maximum atomic E-state index is 12.2. The lowest BCUT2D eigenvalue weighted by atomic mass is 10.1. The van der Waals surface area contributed by atoms with E-state index in [4.69, 9.17) is 14.6 Å². The van der Waals surface area contributed by atoms with E-state index < -0.39 is 12.1 Å². The van der Waals surface area contributed by atoms with Crippen molar-refractivity contribution in [2.75, 3.05) is 26.3 Å². The number of benzene rings is 1. The van der Waals surface area contributed by atoms with E-state index in [2.05, 4.69) is 0 Å². The zero-order valence-electron chi connectivity index (χ0n) is 12.7. The Bertz CT molecular complexity index is 640. The van der Waals surface area contributed by atoms with Crippen molar-refractivity contribution in [2.45, 2.75) is 18.9 Å². The summed E-state index contributed by atoms with van der Waals surface area (Å²) in [6.45, 7) is 1.87. The van der Waals surface area contributed by atoms with Crippen LogP contribution in [0.25, 0.3) is 6.08 Å². The topological polar surface area (TPSA) is 76.1 Å². The molecule has 0 aliphatic carbocycles. The Morgan fingerprint density at radius 3 is 3.04 bits per heavy atom. The fourth-order valence-corrected chi connectivity index (χ4v) is 2.82. The molecule has 122 valence electrons. The fraction of sp³-hybridized carbons (Fsp3) is 0.412. The van der Waals surface area contributed by atoms with Gasteiger partial charge >= 0.3 is 5.97 Å². The summed E-state index contributed by atoms with van der Waals surface area (Å²) < 4.78 is 10.8. The van der Waals surface area contributed by atoms with Crippen molar-refractivity contribution < 1.29 is 24.2 Å². The van der Waals surface area contributed by atoms with Crippen molar-refractivity contribution in [1.82, 2.24) is 4.90 Å².